The topological polar surface area (TPSA) is 46.5 Å². The quantitative estimate of drug-likeness (QED) is 0.915. The van der Waals surface area contributed by atoms with E-state index in [9.17, 15) is 4.79 Å². The first kappa shape index (κ1) is 15.1. The summed E-state index contributed by atoms with van der Waals surface area (Å²) in [5.41, 5.74) is 5.60. The Labute approximate surface area is 125 Å². The van der Waals surface area contributed by atoms with Crippen LogP contribution in [-0.2, 0) is 6.61 Å². The Balaban J connectivity index is 2.20. The molecule has 0 fully saturated rings. The normalized spacial score (nSPS) is 10.5. The fourth-order valence-corrected chi connectivity index (χ4v) is 2.35. The number of carboxylic acids is 1. The van der Waals surface area contributed by atoms with Gasteiger partial charge in [-0.1, -0.05) is 18.2 Å². The Bertz CT molecular complexity index is 664. The molecule has 0 saturated carbocycles. The van der Waals surface area contributed by atoms with Crippen molar-refractivity contribution in [3.8, 4) is 5.75 Å². The molecule has 1 N–H and O–H groups in total. The Morgan fingerprint density at radius 3 is 2.10 bits per heavy atom. The summed E-state index contributed by atoms with van der Waals surface area (Å²) in [6.45, 7) is 8.38. The third-order valence-corrected chi connectivity index (χ3v) is 3.66. The number of aromatic carboxylic acids is 1. The largest absolute Gasteiger partial charge is 0.488 e. The summed E-state index contributed by atoms with van der Waals surface area (Å²) in [6, 6.07) is 9.54. The molecule has 3 heteroatoms. The lowest BCUT2D eigenvalue weighted by Crippen LogP contribution is -2.03. The van der Waals surface area contributed by atoms with Gasteiger partial charge in [0.2, 0.25) is 0 Å². The van der Waals surface area contributed by atoms with Gasteiger partial charge in [0.05, 0.1) is 5.56 Å². The molecule has 0 atom stereocenters. The van der Waals surface area contributed by atoms with Gasteiger partial charge in [-0.15, -0.1) is 0 Å². The van der Waals surface area contributed by atoms with Crippen LogP contribution in [0.25, 0.3) is 0 Å². The number of rotatable bonds is 4. The molecular weight excluding hydrogens is 264 g/mol. The molecule has 3 nitrogen and oxygen atoms in total. The second-order valence-corrected chi connectivity index (χ2v) is 5.45. The minimum atomic E-state index is -0.915. The highest BCUT2D eigenvalue weighted by atomic mass is 16.5. The van der Waals surface area contributed by atoms with Gasteiger partial charge in [0.25, 0.3) is 0 Å². The first-order valence-electron chi connectivity index (χ1n) is 6.92. The van der Waals surface area contributed by atoms with Crippen molar-refractivity contribution in [1.29, 1.82) is 0 Å². The van der Waals surface area contributed by atoms with Crippen LogP contribution in [-0.4, -0.2) is 11.1 Å². The van der Waals surface area contributed by atoms with Gasteiger partial charge in [0.15, 0.2) is 0 Å². The summed E-state index contributed by atoms with van der Waals surface area (Å²) in [5, 5.41) is 9.05. The average Bonchev–Trinajstić information content (AvgIpc) is 2.41. The Hall–Kier alpha value is -2.29. The summed E-state index contributed by atoms with van der Waals surface area (Å²) in [7, 11) is 0. The zero-order chi connectivity index (χ0) is 15.6. The SMILES string of the molecule is Cc1ccc(COc2c(C)cc(C(=O)O)cc2C)cc1C. The fraction of sp³-hybridized carbons (Fsp3) is 0.278. The highest BCUT2D eigenvalue weighted by Gasteiger charge is 2.11. The summed E-state index contributed by atoms with van der Waals surface area (Å²) >= 11 is 0. The van der Waals surface area contributed by atoms with Crippen LogP contribution in [0, 0.1) is 27.7 Å². The van der Waals surface area contributed by atoms with Crippen molar-refractivity contribution in [2.45, 2.75) is 34.3 Å². The van der Waals surface area contributed by atoms with Crippen molar-refractivity contribution >= 4 is 5.97 Å². The van der Waals surface area contributed by atoms with Crippen molar-refractivity contribution in [3.63, 3.8) is 0 Å². The molecule has 0 aromatic heterocycles. The van der Waals surface area contributed by atoms with Crippen LogP contribution in [0.15, 0.2) is 30.3 Å². The van der Waals surface area contributed by atoms with Crippen molar-refractivity contribution in [3.05, 3.63) is 63.7 Å². The van der Waals surface area contributed by atoms with Crippen LogP contribution in [0.1, 0.15) is 38.2 Å². The molecule has 2 aromatic carbocycles. The molecule has 2 aromatic rings. The smallest absolute Gasteiger partial charge is 0.335 e. The van der Waals surface area contributed by atoms with E-state index in [2.05, 4.69) is 32.0 Å². The third kappa shape index (κ3) is 3.43. The van der Waals surface area contributed by atoms with Crippen LogP contribution in [0.3, 0.4) is 0 Å². The molecule has 0 aliphatic rings. The average molecular weight is 284 g/mol. The predicted octanol–water partition coefficient (Wildman–Crippen LogP) is 4.20. The number of carboxylic acid groups (broad SMARTS) is 1. The van der Waals surface area contributed by atoms with E-state index in [-0.39, 0.29) is 0 Å². The van der Waals surface area contributed by atoms with Crippen molar-refractivity contribution in [1.82, 2.24) is 0 Å². The van der Waals surface area contributed by atoms with Crippen LogP contribution in [0.4, 0.5) is 0 Å². The molecular formula is C18H20O3. The van der Waals surface area contributed by atoms with Crippen LogP contribution in [0.2, 0.25) is 0 Å². The summed E-state index contributed by atoms with van der Waals surface area (Å²) in [4.78, 5) is 11.0. The van der Waals surface area contributed by atoms with Gasteiger partial charge in [0.1, 0.15) is 12.4 Å². The van der Waals surface area contributed by atoms with Crippen LogP contribution in [0.5, 0.6) is 5.75 Å². The highest BCUT2D eigenvalue weighted by molar-refractivity contribution is 5.88. The first-order chi connectivity index (χ1) is 9.88. The number of carbonyl (C=O) groups is 1. The minimum Gasteiger partial charge on any atom is -0.488 e. The number of hydrogen-bond donors (Lipinski definition) is 1. The monoisotopic (exact) mass is 284 g/mol. The molecule has 0 aliphatic heterocycles. The molecule has 0 amide bonds. The molecule has 0 spiro atoms. The second-order valence-electron chi connectivity index (χ2n) is 5.45. The van der Waals surface area contributed by atoms with Gasteiger partial charge in [-0.3, -0.25) is 0 Å². The Kier molecular flexibility index (Phi) is 4.32. The second kappa shape index (κ2) is 6.00. The van der Waals surface area contributed by atoms with Gasteiger partial charge < -0.3 is 9.84 Å². The molecule has 0 aliphatic carbocycles. The van der Waals surface area contributed by atoms with E-state index >= 15 is 0 Å². The first-order valence-corrected chi connectivity index (χ1v) is 6.92. The molecule has 0 bridgehead atoms. The lowest BCUT2D eigenvalue weighted by atomic mass is 10.1. The zero-order valence-electron chi connectivity index (χ0n) is 12.9. The molecule has 0 heterocycles. The van der Waals surface area contributed by atoms with Gasteiger partial charge in [-0.25, -0.2) is 4.79 Å². The molecule has 21 heavy (non-hydrogen) atoms. The van der Waals surface area contributed by atoms with Gasteiger partial charge in [-0.2, -0.15) is 0 Å². The maximum atomic E-state index is 11.0. The molecule has 2 rings (SSSR count). The minimum absolute atomic E-state index is 0.295. The van der Waals surface area contributed by atoms with Gasteiger partial charge in [0, 0.05) is 0 Å². The number of benzene rings is 2. The van der Waals surface area contributed by atoms with Crippen molar-refractivity contribution < 1.29 is 14.6 Å². The van der Waals surface area contributed by atoms with Crippen molar-refractivity contribution in [2.24, 2.45) is 0 Å². The van der Waals surface area contributed by atoms with Crippen LogP contribution >= 0.6 is 0 Å². The van der Waals surface area contributed by atoms with E-state index in [1.54, 1.807) is 12.1 Å². The van der Waals surface area contributed by atoms with E-state index < -0.39 is 5.97 Å². The van der Waals surface area contributed by atoms with Gasteiger partial charge in [-0.05, 0) is 67.6 Å². The molecule has 0 radical (unpaired) electrons. The molecule has 0 saturated heterocycles. The number of aryl methyl sites for hydroxylation is 4. The summed E-state index contributed by atoms with van der Waals surface area (Å²) in [5.74, 6) is -0.153. The van der Waals surface area contributed by atoms with E-state index in [1.807, 2.05) is 13.8 Å². The Morgan fingerprint density at radius 2 is 1.57 bits per heavy atom. The maximum absolute atomic E-state index is 11.0. The summed E-state index contributed by atoms with van der Waals surface area (Å²) < 4.78 is 5.89. The molecule has 0 unspecified atom stereocenters. The van der Waals surface area contributed by atoms with E-state index in [0.29, 0.717) is 12.2 Å². The van der Waals surface area contributed by atoms with Crippen LogP contribution < -0.4 is 4.74 Å². The lowest BCUT2D eigenvalue weighted by molar-refractivity contribution is 0.0696. The third-order valence-electron chi connectivity index (χ3n) is 3.66. The highest BCUT2D eigenvalue weighted by Crippen LogP contribution is 2.26. The lowest BCUT2D eigenvalue weighted by Gasteiger charge is -2.14. The van der Waals surface area contributed by atoms with E-state index in [1.165, 1.54) is 11.1 Å². The fourth-order valence-electron chi connectivity index (χ4n) is 2.35. The Morgan fingerprint density at radius 1 is 0.952 bits per heavy atom. The number of ether oxygens (including phenoxy) is 1. The standard InChI is InChI=1S/C18H20O3/c1-11-5-6-15(7-12(11)2)10-21-17-13(3)8-16(18(19)20)9-14(17)4/h5-9H,10H2,1-4H3,(H,19,20). The zero-order valence-corrected chi connectivity index (χ0v) is 12.9. The predicted molar refractivity (Wildman–Crippen MR) is 83.1 cm³/mol. The summed E-state index contributed by atoms with van der Waals surface area (Å²) in [6.07, 6.45) is 0. The van der Waals surface area contributed by atoms with Crippen molar-refractivity contribution in [2.75, 3.05) is 0 Å². The maximum Gasteiger partial charge on any atom is 0.335 e. The number of hydrogen-bond acceptors (Lipinski definition) is 2. The van der Waals surface area contributed by atoms with E-state index in [0.717, 1.165) is 22.4 Å². The molecule has 110 valence electrons. The van der Waals surface area contributed by atoms with Gasteiger partial charge >= 0.3 is 5.97 Å². The van der Waals surface area contributed by atoms with E-state index in [4.69, 9.17) is 9.84 Å².